The lowest BCUT2D eigenvalue weighted by atomic mass is 10.2. The minimum atomic E-state index is -3.76. The van der Waals surface area contributed by atoms with Crippen LogP contribution in [0.15, 0.2) is 52.4 Å². The van der Waals surface area contributed by atoms with Crippen LogP contribution < -0.4 is 9.54 Å². The maximum Gasteiger partial charge on any atom is 0.279 e. The van der Waals surface area contributed by atoms with E-state index in [-0.39, 0.29) is 31.2 Å². The smallest absolute Gasteiger partial charge is 0.279 e. The second kappa shape index (κ2) is 11.0. The van der Waals surface area contributed by atoms with Crippen molar-refractivity contribution < 1.29 is 27.4 Å². The molecule has 0 unspecified atom stereocenters. The average Bonchev–Trinajstić information content (AvgIpc) is 3.14. The summed E-state index contributed by atoms with van der Waals surface area (Å²) in [6.07, 6.45) is 0. The molecule has 11 heteroatoms. The molecule has 0 saturated carbocycles. The van der Waals surface area contributed by atoms with E-state index in [1.807, 2.05) is 25.2 Å². The van der Waals surface area contributed by atoms with Crippen LogP contribution in [0.2, 0.25) is 0 Å². The number of carbonyl (C=O) groups is 1. The van der Waals surface area contributed by atoms with Crippen LogP contribution >= 0.6 is 11.3 Å². The zero-order valence-electron chi connectivity index (χ0n) is 19.0. The zero-order valence-corrected chi connectivity index (χ0v) is 20.6. The Balaban J connectivity index is 1.88. The number of aromatic nitrogens is 1. The first kappa shape index (κ1) is 25.1. The Morgan fingerprint density at radius 1 is 1.03 bits per heavy atom. The van der Waals surface area contributed by atoms with Crippen molar-refractivity contribution in [1.29, 1.82) is 0 Å². The van der Waals surface area contributed by atoms with E-state index in [1.54, 1.807) is 11.7 Å². The van der Waals surface area contributed by atoms with Gasteiger partial charge in [0.2, 0.25) is 10.0 Å². The molecule has 0 aliphatic heterocycles. The van der Waals surface area contributed by atoms with E-state index in [9.17, 15) is 13.2 Å². The number of ether oxygens (including phenoxy) is 3. The van der Waals surface area contributed by atoms with Crippen molar-refractivity contribution in [2.45, 2.75) is 4.90 Å². The molecule has 178 valence electrons. The monoisotopic (exact) mass is 493 g/mol. The minimum Gasteiger partial charge on any atom is -0.495 e. The molecule has 0 fully saturated rings. The van der Waals surface area contributed by atoms with Gasteiger partial charge in [-0.05, 0) is 36.4 Å². The summed E-state index contributed by atoms with van der Waals surface area (Å²) in [4.78, 5) is 17.6. The van der Waals surface area contributed by atoms with Crippen molar-refractivity contribution >= 4 is 37.5 Å². The molecular formula is C22H27N3O6S2. The summed E-state index contributed by atoms with van der Waals surface area (Å²) < 4.78 is 45.5. The summed E-state index contributed by atoms with van der Waals surface area (Å²) in [5.74, 6) is 0.233. The van der Waals surface area contributed by atoms with Gasteiger partial charge in [0.1, 0.15) is 11.3 Å². The molecule has 9 nitrogen and oxygen atoms in total. The van der Waals surface area contributed by atoms with Crippen LogP contribution in [0, 0.1) is 0 Å². The number of rotatable bonds is 10. The molecule has 3 rings (SSSR count). The van der Waals surface area contributed by atoms with E-state index in [4.69, 9.17) is 14.2 Å². The number of para-hydroxylation sites is 1. The maximum absolute atomic E-state index is 13.0. The predicted molar refractivity (Wildman–Crippen MR) is 126 cm³/mol. The van der Waals surface area contributed by atoms with E-state index in [2.05, 4.69) is 4.99 Å². The first-order valence-electron chi connectivity index (χ1n) is 10.1. The molecule has 33 heavy (non-hydrogen) atoms. The number of nitrogens with zero attached hydrogens (tertiary/aromatic N) is 3. The van der Waals surface area contributed by atoms with Gasteiger partial charge in [0, 0.05) is 39.9 Å². The molecule has 1 aromatic heterocycles. The second-order valence-corrected chi connectivity index (χ2v) is 10.0. The molecule has 0 aliphatic rings. The Kier molecular flexibility index (Phi) is 8.38. The Morgan fingerprint density at radius 2 is 1.67 bits per heavy atom. The van der Waals surface area contributed by atoms with Gasteiger partial charge < -0.3 is 18.8 Å². The number of thiazole rings is 1. The standard InChI is InChI=1S/C22H27N3O6S2/c1-24-20-18(31-4)6-5-7-19(20)32-22(24)23-21(26)16-8-10-17(11-9-16)33(27,28)25(12-14-29-2)13-15-30-3/h5-11H,12-15H2,1-4H3. The van der Waals surface area contributed by atoms with Crippen molar-refractivity contribution in [2.75, 3.05) is 47.6 Å². The fraction of sp³-hybridized carbons (Fsp3) is 0.364. The highest BCUT2D eigenvalue weighted by Crippen LogP contribution is 2.26. The minimum absolute atomic E-state index is 0.0865. The Morgan fingerprint density at radius 3 is 2.24 bits per heavy atom. The Bertz CT molecular complexity index is 1270. The van der Waals surface area contributed by atoms with Crippen LogP contribution in [0.25, 0.3) is 10.2 Å². The number of amides is 1. The molecule has 2 aromatic carbocycles. The van der Waals surface area contributed by atoms with E-state index >= 15 is 0 Å². The van der Waals surface area contributed by atoms with Gasteiger partial charge in [-0.2, -0.15) is 9.30 Å². The number of benzene rings is 2. The van der Waals surface area contributed by atoms with E-state index in [0.29, 0.717) is 16.1 Å². The highest BCUT2D eigenvalue weighted by molar-refractivity contribution is 7.89. The van der Waals surface area contributed by atoms with E-state index < -0.39 is 15.9 Å². The Labute approximate surface area is 196 Å². The van der Waals surface area contributed by atoms with Crippen molar-refractivity contribution in [3.8, 4) is 5.75 Å². The maximum atomic E-state index is 13.0. The molecule has 0 radical (unpaired) electrons. The summed E-state index contributed by atoms with van der Waals surface area (Å²) in [6, 6.07) is 11.4. The second-order valence-electron chi connectivity index (χ2n) is 7.08. The number of methoxy groups -OCH3 is 3. The van der Waals surface area contributed by atoms with Gasteiger partial charge in [0.05, 0.1) is 29.9 Å². The summed E-state index contributed by atoms with van der Waals surface area (Å²) in [5, 5.41) is 0. The predicted octanol–water partition coefficient (Wildman–Crippen LogP) is 2.27. The Hall–Kier alpha value is -2.57. The van der Waals surface area contributed by atoms with Crippen LogP contribution in [0.1, 0.15) is 10.4 Å². The lowest BCUT2D eigenvalue weighted by Gasteiger charge is -2.21. The van der Waals surface area contributed by atoms with Crippen LogP contribution in [-0.2, 0) is 26.5 Å². The fourth-order valence-corrected chi connectivity index (χ4v) is 5.69. The summed E-state index contributed by atoms with van der Waals surface area (Å²) in [5.41, 5.74) is 1.14. The highest BCUT2D eigenvalue weighted by Gasteiger charge is 2.24. The highest BCUT2D eigenvalue weighted by atomic mass is 32.2. The summed E-state index contributed by atoms with van der Waals surface area (Å²) in [7, 11) is 2.67. The fourth-order valence-electron chi connectivity index (χ4n) is 3.25. The van der Waals surface area contributed by atoms with Gasteiger partial charge in [-0.3, -0.25) is 4.79 Å². The largest absolute Gasteiger partial charge is 0.495 e. The first-order chi connectivity index (χ1) is 15.8. The van der Waals surface area contributed by atoms with E-state index in [0.717, 1.165) is 10.2 Å². The lowest BCUT2D eigenvalue weighted by molar-refractivity contribution is 0.0998. The van der Waals surface area contributed by atoms with Crippen LogP contribution in [-0.4, -0.2) is 70.8 Å². The topological polar surface area (TPSA) is 99.4 Å². The van der Waals surface area contributed by atoms with Crippen LogP contribution in [0.3, 0.4) is 0 Å². The molecular weight excluding hydrogens is 466 g/mol. The quantitative estimate of drug-likeness (QED) is 0.430. The number of fused-ring (bicyclic) bond motifs is 1. The van der Waals surface area contributed by atoms with Crippen LogP contribution in [0.4, 0.5) is 0 Å². The molecule has 1 amide bonds. The third kappa shape index (κ3) is 5.50. The summed E-state index contributed by atoms with van der Waals surface area (Å²) >= 11 is 1.37. The normalized spacial score (nSPS) is 12.6. The number of hydrogen-bond donors (Lipinski definition) is 0. The zero-order chi connectivity index (χ0) is 24.0. The summed E-state index contributed by atoms with van der Waals surface area (Å²) in [6.45, 7) is 0.916. The lowest BCUT2D eigenvalue weighted by Crippen LogP contribution is -2.36. The molecule has 0 atom stereocenters. The average molecular weight is 494 g/mol. The third-order valence-corrected chi connectivity index (χ3v) is 8.04. The number of carbonyl (C=O) groups excluding carboxylic acids is 1. The van der Waals surface area contributed by atoms with Gasteiger partial charge in [-0.25, -0.2) is 8.42 Å². The third-order valence-electron chi connectivity index (χ3n) is 5.03. The van der Waals surface area contributed by atoms with Gasteiger partial charge in [-0.1, -0.05) is 17.4 Å². The molecule has 0 bridgehead atoms. The number of aryl methyl sites for hydroxylation is 1. The van der Waals surface area contributed by atoms with Gasteiger partial charge >= 0.3 is 0 Å². The van der Waals surface area contributed by atoms with Gasteiger partial charge in [0.25, 0.3) is 5.91 Å². The molecule has 0 saturated heterocycles. The molecule has 0 spiro atoms. The molecule has 1 heterocycles. The molecule has 3 aromatic rings. The first-order valence-corrected chi connectivity index (χ1v) is 12.4. The number of hydrogen-bond acceptors (Lipinski definition) is 7. The van der Waals surface area contributed by atoms with Crippen molar-refractivity contribution in [3.63, 3.8) is 0 Å². The van der Waals surface area contributed by atoms with Crippen molar-refractivity contribution in [2.24, 2.45) is 12.0 Å². The SMILES string of the molecule is COCCN(CCOC)S(=O)(=O)c1ccc(C(=O)N=c2sc3cccc(OC)c3n2C)cc1. The van der Waals surface area contributed by atoms with Gasteiger partial charge in [0.15, 0.2) is 4.80 Å². The van der Waals surface area contributed by atoms with Crippen molar-refractivity contribution in [3.05, 3.63) is 52.8 Å². The van der Waals surface area contributed by atoms with Crippen LogP contribution in [0.5, 0.6) is 5.75 Å². The molecule has 0 aliphatic carbocycles. The van der Waals surface area contributed by atoms with Crippen molar-refractivity contribution in [1.82, 2.24) is 8.87 Å². The number of sulfonamides is 1. The van der Waals surface area contributed by atoms with Gasteiger partial charge in [-0.15, -0.1) is 0 Å². The van der Waals surface area contributed by atoms with E-state index in [1.165, 1.54) is 54.1 Å². The molecule has 0 N–H and O–H groups in total.